The Morgan fingerprint density at radius 1 is 1.20 bits per heavy atom. The predicted molar refractivity (Wildman–Crippen MR) is 101 cm³/mol. The second-order valence-corrected chi connectivity index (χ2v) is 7.60. The van der Waals surface area contributed by atoms with Crippen molar-refractivity contribution in [2.24, 2.45) is 10.9 Å². The third-order valence-electron chi connectivity index (χ3n) is 5.37. The molecule has 3 fully saturated rings. The van der Waals surface area contributed by atoms with Crippen molar-refractivity contribution in [1.82, 2.24) is 15.5 Å². The molecule has 3 aliphatic rings. The lowest BCUT2D eigenvalue weighted by Crippen LogP contribution is -2.49. The van der Waals surface area contributed by atoms with Crippen LogP contribution in [-0.2, 0) is 9.47 Å². The molecule has 6 heteroatoms. The fourth-order valence-corrected chi connectivity index (χ4v) is 3.68. The van der Waals surface area contributed by atoms with Gasteiger partial charge in [0.05, 0.1) is 13.2 Å². The maximum Gasteiger partial charge on any atom is 0.191 e. The van der Waals surface area contributed by atoms with Crippen LogP contribution in [0.15, 0.2) is 4.99 Å². The monoisotopic (exact) mass is 352 g/mol. The van der Waals surface area contributed by atoms with E-state index in [0.717, 1.165) is 64.4 Å². The first-order valence-corrected chi connectivity index (χ1v) is 10.3. The van der Waals surface area contributed by atoms with Crippen LogP contribution < -0.4 is 10.6 Å². The molecular weight excluding hydrogens is 316 g/mol. The fraction of sp³-hybridized carbons (Fsp3) is 0.947. The molecule has 0 amide bonds. The molecule has 2 N–H and O–H groups in total. The van der Waals surface area contributed by atoms with Crippen LogP contribution in [0.25, 0.3) is 0 Å². The highest BCUT2D eigenvalue weighted by molar-refractivity contribution is 5.80. The van der Waals surface area contributed by atoms with E-state index in [1.165, 1.54) is 38.8 Å². The average molecular weight is 353 g/mol. The van der Waals surface area contributed by atoms with E-state index in [9.17, 15) is 0 Å². The Morgan fingerprint density at radius 3 is 2.72 bits per heavy atom. The van der Waals surface area contributed by atoms with Crippen LogP contribution >= 0.6 is 0 Å². The van der Waals surface area contributed by atoms with Gasteiger partial charge in [0.25, 0.3) is 0 Å². The molecule has 2 saturated heterocycles. The number of hydrogen-bond acceptors (Lipinski definition) is 4. The molecule has 0 aromatic heterocycles. The first-order chi connectivity index (χ1) is 12.3. The van der Waals surface area contributed by atoms with E-state index in [2.05, 4.69) is 22.5 Å². The van der Waals surface area contributed by atoms with Gasteiger partial charge in [-0.15, -0.1) is 0 Å². The second-order valence-electron chi connectivity index (χ2n) is 7.60. The first-order valence-electron chi connectivity index (χ1n) is 10.3. The highest BCUT2D eigenvalue weighted by atomic mass is 16.5. The van der Waals surface area contributed by atoms with E-state index < -0.39 is 0 Å². The molecule has 144 valence electrons. The molecule has 3 rings (SSSR count). The molecule has 2 aliphatic heterocycles. The summed E-state index contributed by atoms with van der Waals surface area (Å²) in [6.07, 6.45) is 7.41. The van der Waals surface area contributed by atoms with E-state index >= 15 is 0 Å². The SMILES string of the molecule is CCNC(=NCCCOCC1CCOC1)NC1CCN(C2CC2)CC1. The maximum atomic E-state index is 5.75. The summed E-state index contributed by atoms with van der Waals surface area (Å²) in [4.78, 5) is 7.38. The standard InChI is InChI=1S/C19H36N4O2/c1-2-20-19(21-9-3-12-24-14-16-8-13-25-15-16)22-17-6-10-23(11-7-17)18-4-5-18/h16-18H,2-15H2,1H3,(H2,20,21,22). The molecular formula is C19H36N4O2. The second kappa shape index (κ2) is 10.3. The third-order valence-corrected chi connectivity index (χ3v) is 5.37. The number of piperidine rings is 1. The number of nitrogens with one attached hydrogen (secondary N) is 2. The molecule has 1 unspecified atom stereocenters. The summed E-state index contributed by atoms with van der Waals surface area (Å²) < 4.78 is 11.1. The lowest BCUT2D eigenvalue weighted by atomic mass is 10.1. The van der Waals surface area contributed by atoms with Crippen LogP contribution in [0.4, 0.5) is 0 Å². The average Bonchev–Trinajstić information content (AvgIpc) is 3.35. The number of hydrogen-bond donors (Lipinski definition) is 2. The summed E-state index contributed by atoms with van der Waals surface area (Å²) in [5.41, 5.74) is 0. The molecule has 2 heterocycles. The zero-order valence-corrected chi connectivity index (χ0v) is 15.8. The molecule has 25 heavy (non-hydrogen) atoms. The summed E-state index contributed by atoms with van der Waals surface area (Å²) in [5, 5.41) is 7.01. The van der Waals surface area contributed by atoms with Gasteiger partial charge in [0.15, 0.2) is 5.96 Å². The smallest absolute Gasteiger partial charge is 0.191 e. The number of ether oxygens (including phenoxy) is 2. The van der Waals surface area contributed by atoms with Crippen LogP contribution in [0.1, 0.15) is 45.4 Å². The normalized spacial score (nSPS) is 26.1. The van der Waals surface area contributed by atoms with Crippen molar-refractivity contribution in [2.75, 3.05) is 52.6 Å². The lowest BCUT2D eigenvalue weighted by Gasteiger charge is -2.33. The van der Waals surface area contributed by atoms with Crippen molar-refractivity contribution in [3.05, 3.63) is 0 Å². The Hall–Kier alpha value is -0.850. The number of guanidine groups is 1. The van der Waals surface area contributed by atoms with Crippen molar-refractivity contribution in [1.29, 1.82) is 0 Å². The minimum absolute atomic E-state index is 0.561. The Morgan fingerprint density at radius 2 is 2.04 bits per heavy atom. The number of rotatable bonds is 9. The third kappa shape index (κ3) is 6.76. The number of likely N-dealkylation sites (tertiary alicyclic amines) is 1. The van der Waals surface area contributed by atoms with E-state index in [4.69, 9.17) is 14.5 Å². The molecule has 0 bridgehead atoms. The molecule has 1 aliphatic carbocycles. The molecule has 0 aromatic carbocycles. The van der Waals surface area contributed by atoms with Gasteiger partial charge in [0.1, 0.15) is 0 Å². The summed E-state index contributed by atoms with van der Waals surface area (Å²) in [6.45, 7) is 9.71. The number of aliphatic imine (C=N–C) groups is 1. The van der Waals surface area contributed by atoms with Gasteiger partial charge in [-0.3, -0.25) is 4.99 Å². The van der Waals surface area contributed by atoms with Crippen LogP contribution in [-0.4, -0.2) is 75.5 Å². The van der Waals surface area contributed by atoms with Gasteiger partial charge in [0.2, 0.25) is 0 Å². The Kier molecular flexibility index (Phi) is 7.82. The van der Waals surface area contributed by atoms with Gasteiger partial charge < -0.3 is 25.0 Å². The zero-order chi connectivity index (χ0) is 17.3. The number of nitrogens with zero attached hydrogens (tertiary/aromatic N) is 2. The van der Waals surface area contributed by atoms with E-state index in [1.807, 2.05) is 0 Å². The van der Waals surface area contributed by atoms with Crippen molar-refractivity contribution < 1.29 is 9.47 Å². The Balaban J connectivity index is 1.28. The quantitative estimate of drug-likeness (QED) is 0.375. The van der Waals surface area contributed by atoms with Crippen molar-refractivity contribution in [2.45, 2.75) is 57.5 Å². The molecule has 6 nitrogen and oxygen atoms in total. The van der Waals surface area contributed by atoms with E-state index in [0.29, 0.717) is 12.0 Å². The molecule has 0 spiro atoms. The minimum atomic E-state index is 0.561. The summed E-state index contributed by atoms with van der Waals surface area (Å²) >= 11 is 0. The lowest BCUT2D eigenvalue weighted by molar-refractivity contribution is 0.0893. The summed E-state index contributed by atoms with van der Waals surface area (Å²) in [6, 6.07) is 1.46. The van der Waals surface area contributed by atoms with Gasteiger partial charge in [-0.05, 0) is 45.4 Å². The Bertz CT molecular complexity index is 400. The summed E-state index contributed by atoms with van der Waals surface area (Å²) in [7, 11) is 0. The van der Waals surface area contributed by atoms with Gasteiger partial charge in [-0.25, -0.2) is 0 Å². The molecule has 1 saturated carbocycles. The van der Waals surface area contributed by atoms with Gasteiger partial charge in [-0.1, -0.05) is 0 Å². The highest BCUT2D eigenvalue weighted by Gasteiger charge is 2.31. The van der Waals surface area contributed by atoms with Crippen LogP contribution in [0.2, 0.25) is 0 Å². The zero-order valence-electron chi connectivity index (χ0n) is 15.8. The van der Waals surface area contributed by atoms with Crippen molar-refractivity contribution >= 4 is 5.96 Å². The maximum absolute atomic E-state index is 5.75. The van der Waals surface area contributed by atoms with Crippen LogP contribution in [0.5, 0.6) is 0 Å². The van der Waals surface area contributed by atoms with Crippen LogP contribution in [0, 0.1) is 5.92 Å². The largest absolute Gasteiger partial charge is 0.381 e. The van der Waals surface area contributed by atoms with Gasteiger partial charge in [0, 0.05) is 57.4 Å². The summed E-state index contributed by atoms with van der Waals surface area (Å²) in [5.74, 6) is 1.57. The van der Waals surface area contributed by atoms with E-state index in [-0.39, 0.29) is 0 Å². The van der Waals surface area contributed by atoms with Crippen LogP contribution in [0.3, 0.4) is 0 Å². The minimum Gasteiger partial charge on any atom is -0.381 e. The fourth-order valence-electron chi connectivity index (χ4n) is 3.68. The van der Waals surface area contributed by atoms with Gasteiger partial charge >= 0.3 is 0 Å². The topological polar surface area (TPSA) is 58.1 Å². The first kappa shape index (κ1) is 18.9. The molecule has 1 atom stereocenters. The highest BCUT2D eigenvalue weighted by Crippen LogP contribution is 2.29. The molecule has 0 aromatic rings. The van der Waals surface area contributed by atoms with Crippen molar-refractivity contribution in [3.8, 4) is 0 Å². The Labute approximate surface area is 152 Å². The van der Waals surface area contributed by atoms with Gasteiger partial charge in [-0.2, -0.15) is 0 Å². The predicted octanol–water partition coefficient (Wildman–Crippen LogP) is 1.61. The van der Waals surface area contributed by atoms with E-state index in [1.54, 1.807) is 0 Å². The van der Waals surface area contributed by atoms with Crippen molar-refractivity contribution in [3.63, 3.8) is 0 Å². The molecule has 0 radical (unpaired) electrons.